The van der Waals surface area contributed by atoms with Gasteiger partial charge in [0.2, 0.25) is 0 Å². The largest absolute Gasteiger partial charge is 0.504 e. The number of thiocarbonyl (C=S) groups is 1. The van der Waals surface area contributed by atoms with E-state index in [1.54, 1.807) is 42.5 Å². The SMILES string of the molecule is Oc1c(Cl)cccc1NC(=S)Nc1ccc(Cl)cc1. The second-order valence-electron chi connectivity index (χ2n) is 3.72. The molecule has 0 unspecified atom stereocenters. The van der Waals surface area contributed by atoms with E-state index in [2.05, 4.69) is 10.6 Å². The topological polar surface area (TPSA) is 44.3 Å². The molecular formula is C13H10Cl2N2OS. The molecule has 0 amide bonds. The lowest BCUT2D eigenvalue weighted by atomic mass is 10.3. The first-order valence-electron chi connectivity index (χ1n) is 5.37. The quantitative estimate of drug-likeness (QED) is 0.564. The van der Waals surface area contributed by atoms with Crippen LogP contribution in [0, 0.1) is 0 Å². The molecular weight excluding hydrogens is 303 g/mol. The smallest absolute Gasteiger partial charge is 0.175 e. The second kappa shape index (κ2) is 6.10. The zero-order valence-corrected chi connectivity index (χ0v) is 12.0. The van der Waals surface area contributed by atoms with Crippen LogP contribution in [-0.4, -0.2) is 10.2 Å². The molecule has 0 bridgehead atoms. The summed E-state index contributed by atoms with van der Waals surface area (Å²) >= 11 is 16.7. The van der Waals surface area contributed by atoms with Gasteiger partial charge in [0.25, 0.3) is 0 Å². The molecule has 3 nitrogen and oxygen atoms in total. The first kappa shape index (κ1) is 13.9. The zero-order chi connectivity index (χ0) is 13.8. The minimum Gasteiger partial charge on any atom is -0.504 e. The fourth-order valence-electron chi connectivity index (χ4n) is 1.43. The van der Waals surface area contributed by atoms with Gasteiger partial charge in [-0.25, -0.2) is 0 Å². The van der Waals surface area contributed by atoms with E-state index in [1.807, 2.05) is 0 Å². The van der Waals surface area contributed by atoms with Gasteiger partial charge in [-0.2, -0.15) is 0 Å². The average Bonchev–Trinajstić information content (AvgIpc) is 2.38. The molecule has 0 aliphatic rings. The molecule has 2 rings (SSSR count). The molecule has 0 fully saturated rings. The fraction of sp³-hybridized carbons (Fsp3) is 0. The number of para-hydroxylation sites is 1. The summed E-state index contributed by atoms with van der Waals surface area (Å²) in [5.74, 6) is -0.0376. The van der Waals surface area contributed by atoms with Crippen LogP contribution in [0.15, 0.2) is 42.5 Å². The van der Waals surface area contributed by atoms with Crippen LogP contribution in [0.1, 0.15) is 0 Å². The Kier molecular flexibility index (Phi) is 4.47. The Morgan fingerprint density at radius 1 is 1.00 bits per heavy atom. The van der Waals surface area contributed by atoms with E-state index in [9.17, 15) is 5.11 Å². The highest BCUT2D eigenvalue weighted by molar-refractivity contribution is 7.80. The predicted octanol–water partition coefficient (Wildman–Crippen LogP) is 4.51. The summed E-state index contributed by atoms with van der Waals surface area (Å²) in [5, 5.41) is 16.8. The summed E-state index contributed by atoms with van der Waals surface area (Å²) in [6.45, 7) is 0. The van der Waals surface area contributed by atoms with Crippen LogP contribution in [0.3, 0.4) is 0 Å². The van der Waals surface area contributed by atoms with Gasteiger partial charge < -0.3 is 15.7 Å². The van der Waals surface area contributed by atoms with Crippen molar-refractivity contribution in [2.75, 3.05) is 10.6 Å². The lowest BCUT2D eigenvalue weighted by molar-refractivity contribution is 0.478. The maximum Gasteiger partial charge on any atom is 0.175 e. The fourth-order valence-corrected chi connectivity index (χ4v) is 1.96. The molecule has 0 heterocycles. The van der Waals surface area contributed by atoms with Gasteiger partial charge in [-0.15, -0.1) is 0 Å². The summed E-state index contributed by atoms with van der Waals surface area (Å²) in [6, 6.07) is 12.1. The van der Waals surface area contributed by atoms with Crippen LogP contribution in [0.5, 0.6) is 5.75 Å². The van der Waals surface area contributed by atoms with Crippen molar-refractivity contribution in [1.29, 1.82) is 0 Å². The predicted molar refractivity (Wildman–Crippen MR) is 84.4 cm³/mol. The minimum atomic E-state index is -0.0376. The third-order valence-electron chi connectivity index (χ3n) is 2.34. The number of nitrogens with one attached hydrogen (secondary N) is 2. The molecule has 3 N–H and O–H groups in total. The lowest BCUT2D eigenvalue weighted by Gasteiger charge is -2.12. The van der Waals surface area contributed by atoms with Crippen LogP contribution in [0.25, 0.3) is 0 Å². The normalized spacial score (nSPS) is 10.0. The maximum absolute atomic E-state index is 9.75. The van der Waals surface area contributed by atoms with Crippen LogP contribution in [0.2, 0.25) is 10.0 Å². The average molecular weight is 313 g/mol. The molecule has 0 radical (unpaired) electrons. The lowest BCUT2D eigenvalue weighted by Crippen LogP contribution is -2.19. The Hall–Kier alpha value is -1.49. The van der Waals surface area contributed by atoms with Crippen LogP contribution in [0.4, 0.5) is 11.4 Å². The summed E-state index contributed by atoms with van der Waals surface area (Å²) in [4.78, 5) is 0. The van der Waals surface area contributed by atoms with Crippen LogP contribution < -0.4 is 10.6 Å². The molecule has 0 aliphatic heterocycles. The van der Waals surface area contributed by atoms with Crippen LogP contribution >= 0.6 is 35.4 Å². The first-order chi connectivity index (χ1) is 9.06. The monoisotopic (exact) mass is 312 g/mol. The number of rotatable bonds is 2. The number of phenolic OH excluding ortho intramolecular Hbond substituents is 1. The van der Waals surface area contributed by atoms with E-state index in [1.165, 1.54) is 0 Å². The van der Waals surface area contributed by atoms with E-state index >= 15 is 0 Å². The van der Waals surface area contributed by atoms with E-state index in [4.69, 9.17) is 35.4 Å². The van der Waals surface area contributed by atoms with Crippen molar-refractivity contribution in [3.63, 3.8) is 0 Å². The van der Waals surface area contributed by atoms with Crippen molar-refractivity contribution in [1.82, 2.24) is 0 Å². The highest BCUT2D eigenvalue weighted by atomic mass is 35.5. The maximum atomic E-state index is 9.75. The van der Waals surface area contributed by atoms with Crippen molar-refractivity contribution in [2.45, 2.75) is 0 Å². The third kappa shape index (κ3) is 3.73. The number of halogens is 2. The number of benzene rings is 2. The number of hydrogen-bond acceptors (Lipinski definition) is 2. The number of hydrogen-bond donors (Lipinski definition) is 3. The number of phenols is 1. The van der Waals surface area contributed by atoms with E-state index < -0.39 is 0 Å². The summed E-state index contributed by atoms with van der Waals surface area (Å²) < 4.78 is 0. The summed E-state index contributed by atoms with van der Waals surface area (Å²) in [7, 11) is 0. The minimum absolute atomic E-state index is 0.0376. The van der Waals surface area contributed by atoms with Crippen molar-refractivity contribution < 1.29 is 5.11 Å². The summed E-state index contributed by atoms with van der Waals surface area (Å²) in [5.41, 5.74) is 1.24. The Bertz CT molecular complexity index is 602. The van der Waals surface area contributed by atoms with Crippen molar-refractivity contribution >= 4 is 51.9 Å². The van der Waals surface area contributed by atoms with E-state index in [0.717, 1.165) is 5.69 Å². The number of aromatic hydroxyl groups is 1. The molecule has 0 aromatic heterocycles. The Balaban J connectivity index is 2.05. The van der Waals surface area contributed by atoms with Gasteiger partial charge in [-0.1, -0.05) is 29.3 Å². The second-order valence-corrected chi connectivity index (χ2v) is 4.97. The van der Waals surface area contributed by atoms with E-state index in [-0.39, 0.29) is 10.8 Å². The zero-order valence-electron chi connectivity index (χ0n) is 9.65. The van der Waals surface area contributed by atoms with Crippen LogP contribution in [-0.2, 0) is 0 Å². The van der Waals surface area contributed by atoms with Crippen molar-refractivity contribution in [3.8, 4) is 5.75 Å². The molecule has 0 aliphatic carbocycles. The van der Waals surface area contributed by atoms with Gasteiger partial charge in [0.05, 0.1) is 10.7 Å². The standard InChI is InChI=1S/C13H10Cl2N2OS/c14-8-4-6-9(7-5-8)16-13(19)17-11-3-1-2-10(15)12(11)18/h1-7,18H,(H2,16,17,19). The Morgan fingerprint density at radius 3 is 2.37 bits per heavy atom. The molecule has 2 aromatic carbocycles. The molecule has 0 atom stereocenters. The van der Waals surface area contributed by atoms with Crippen molar-refractivity contribution in [3.05, 3.63) is 52.5 Å². The van der Waals surface area contributed by atoms with Gasteiger partial charge in [0.15, 0.2) is 10.9 Å². The van der Waals surface area contributed by atoms with E-state index in [0.29, 0.717) is 15.8 Å². The molecule has 2 aromatic rings. The molecule has 98 valence electrons. The molecule has 6 heteroatoms. The third-order valence-corrected chi connectivity index (χ3v) is 3.10. The molecule has 19 heavy (non-hydrogen) atoms. The highest BCUT2D eigenvalue weighted by Gasteiger charge is 2.06. The molecule has 0 saturated carbocycles. The van der Waals surface area contributed by atoms with Gasteiger partial charge in [-0.05, 0) is 48.6 Å². The molecule has 0 saturated heterocycles. The van der Waals surface area contributed by atoms with Gasteiger partial charge in [-0.3, -0.25) is 0 Å². The molecule has 0 spiro atoms. The summed E-state index contributed by atoms with van der Waals surface area (Å²) in [6.07, 6.45) is 0. The number of anilines is 2. The Morgan fingerprint density at radius 2 is 1.68 bits per heavy atom. The van der Waals surface area contributed by atoms with Crippen molar-refractivity contribution in [2.24, 2.45) is 0 Å². The van der Waals surface area contributed by atoms with Gasteiger partial charge >= 0.3 is 0 Å². The Labute approximate surface area is 126 Å². The highest BCUT2D eigenvalue weighted by Crippen LogP contribution is 2.31. The van der Waals surface area contributed by atoms with Gasteiger partial charge in [0, 0.05) is 10.7 Å². The van der Waals surface area contributed by atoms with Gasteiger partial charge in [0.1, 0.15) is 0 Å². The first-order valence-corrected chi connectivity index (χ1v) is 6.54.